The molecule has 1 amide bonds. The maximum atomic E-state index is 12.2. The van der Waals surface area contributed by atoms with Crippen molar-refractivity contribution < 1.29 is 14.7 Å². The maximum absolute atomic E-state index is 12.2. The molecular formula is C13H17NO3. The first kappa shape index (κ1) is 13.2. The average Bonchev–Trinajstić information content (AvgIpc) is 2.31. The Labute approximate surface area is 101 Å². The Morgan fingerprint density at radius 1 is 1.24 bits per heavy atom. The smallest absolute Gasteiger partial charge is 0.318 e. The van der Waals surface area contributed by atoms with Crippen LogP contribution < -0.4 is 4.90 Å². The Kier molecular flexibility index (Phi) is 3.89. The van der Waals surface area contributed by atoms with E-state index in [9.17, 15) is 9.59 Å². The molecule has 0 saturated heterocycles. The summed E-state index contributed by atoms with van der Waals surface area (Å²) in [4.78, 5) is 24.7. The van der Waals surface area contributed by atoms with Gasteiger partial charge in [-0.25, -0.2) is 0 Å². The van der Waals surface area contributed by atoms with Gasteiger partial charge in [0.05, 0.1) is 0 Å². The molecule has 0 saturated carbocycles. The van der Waals surface area contributed by atoms with Crippen LogP contribution in [0.3, 0.4) is 0 Å². The molecule has 0 bridgehead atoms. The van der Waals surface area contributed by atoms with Gasteiger partial charge >= 0.3 is 5.97 Å². The van der Waals surface area contributed by atoms with Gasteiger partial charge in [0.15, 0.2) is 0 Å². The van der Waals surface area contributed by atoms with Gasteiger partial charge in [0.25, 0.3) is 0 Å². The lowest BCUT2D eigenvalue weighted by atomic mass is 9.91. The van der Waals surface area contributed by atoms with Crippen LogP contribution in [-0.2, 0) is 9.59 Å². The number of para-hydroxylation sites is 1. The number of hydrogen-bond acceptors (Lipinski definition) is 2. The fraction of sp³-hybridized carbons (Fsp3) is 0.385. The van der Waals surface area contributed by atoms with Crippen LogP contribution in [0.25, 0.3) is 0 Å². The van der Waals surface area contributed by atoms with Gasteiger partial charge in [0.2, 0.25) is 5.91 Å². The third-order valence-electron chi connectivity index (χ3n) is 2.70. The van der Waals surface area contributed by atoms with Crippen LogP contribution in [0.5, 0.6) is 0 Å². The van der Waals surface area contributed by atoms with Crippen LogP contribution >= 0.6 is 0 Å². The monoisotopic (exact) mass is 235 g/mol. The molecule has 0 aliphatic heterocycles. The van der Waals surface area contributed by atoms with E-state index in [0.717, 1.165) is 0 Å². The number of rotatable bonds is 4. The van der Waals surface area contributed by atoms with Crippen molar-refractivity contribution in [3.63, 3.8) is 0 Å². The minimum Gasteiger partial charge on any atom is -0.480 e. The second-order valence-corrected chi connectivity index (χ2v) is 4.32. The van der Waals surface area contributed by atoms with Crippen molar-refractivity contribution in [2.75, 3.05) is 11.4 Å². The second-order valence-electron chi connectivity index (χ2n) is 4.32. The van der Waals surface area contributed by atoms with Crippen molar-refractivity contribution in [2.24, 2.45) is 5.41 Å². The van der Waals surface area contributed by atoms with Gasteiger partial charge < -0.3 is 10.0 Å². The zero-order valence-corrected chi connectivity index (χ0v) is 10.3. The standard InChI is InChI=1S/C13H17NO3/c1-4-14(10-8-6-5-7-9-10)11(15)13(2,3)12(16)17/h5-9H,4H2,1-3H3,(H,16,17). The zero-order valence-electron chi connectivity index (χ0n) is 10.3. The largest absolute Gasteiger partial charge is 0.480 e. The molecule has 0 heterocycles. The molecule has 1 rings (SSSR count). The number of carbonyl (C=O) groups excluding carboxylic acids is 1. The Hall–Kier alpha value is -1.84. The van der Waals surface area contributed by atoms with Crippen LogP contribution in [0.1, 0.15) is 20.8 Å². The van der Waals surface area contributed by atoms with Crippen molar-refractivity contribution in [3.05, 3.63) is 30.3 Å². The van der Waals surface area contributed by atoms with Crippen molar-refractivity contribution in [3.8, 4) is 0 Å². The molecule has 4 nitrogen and oxygen atoms in total. The molecule has 0 aliphatic carbocycles. The number of carboxylic acids is 1. The lowest BCUT2D eigenvalue weighted by molar-refractivity contribution is -0.152. The quantitative estimate of drug-likeness (QED) is 0.813. The number of benzene rings is 1. The fourth-order valence-electron chi connectivity index (χ4n) is 1.48. The summed E-state index contributed by atoms with van der Waals surface area (Å²) in [5.41, 5.74) is -0.694. The van der Waals surface area contributed by atoms with E-state index in [1.807, 2.05) is 25.1 Å². The summed E-state index contributed by atoms with van der Waals surface area (Å²) in [7, 11) is 0. The topological polar surface area (TPSA) is 57.6 Å². The van der Waals surface area contributed by atoms with E-state index in [1.165, 1.54) is 18.7 Å². The first-order chi connectivity index (χ1) is 7.91. The average molecular weight is 235 g/mol. The first-order valence-corrected chi connectivity index (χ1v) is 5.51. The Bertz CT molecular complexity index is 412. The third-order valence-corrected chi connectivity index (χ3v) is 2.70. The molecule has 0 spiro atoms. The van der Waals surface area contributed by atoms with Gasteiger partial charge in [-0.2, -0.15) is 0 Å². The summed E-state index contributed by atoms with van der Waals surface area (Å²) in [5.74, 6) is -1.52. The molecular weight excluding hydrogens is 218 g/mol. The SMILES string of the molecule is CCN(C(=O)C(C)(C)C(=O)O)c1ccccc1. The van der Waals surface area contributed by atoms with Crippen LogP contribution in [0.4, 0.5) is 5.69 Å². The van der Waals surface area contributed by atoms with E-state index in [-0.39, 0.29) is 0 Å². The van der Waals surface area contributed by atoms with E-state index in [1.54, 1.807) is 12.1 Å². The summed E-state index contributed by atoms with van der Waals surface area (Å²) in [6, 6.07) is 9.07. The normalized spacial score (nSPS) is 11.0. The number of aliphatic carboxylic acids is 1. The summed E-state index contributed by atoms with van der Waals surface area (Å²) in [6.07, 6.45) is 0. The highest BCUT2D eigenvalue weighted by Crippen LogP contribution is 2.23. The highest BCUT2D eigenvalue weighted by molar-refractivity contribution is 6.08. The van der Waals surface area contributed by atoms with Gasteiger partial charge in [-0.1, -0.05) is 18.2 Å². The highest BCUT2D eigenvalue weighted by atomic mass is 16.4. The van der Waals surface area contributed by atoms with Crippen LogP contribution in [0, 0.1) is 5.41 Å². The third kappa shape index (κ3) is 2.64. The summed E-state index contributed by atoms with van der Waals surface area (Å²) < 4.78 is 0. The van der Waals surface area contributed by atoms with Crippen LogP contribution in [0.15, 0.2) is 30.3 Å². The first-order valence-electron chi connectivity index (χ1n) is 5.51. The Morgan fingerprint density at radius 2 is 1.76 bits per heavy atom. The van der Waals surface area contributed by atoms with Gasteiger partial charge in [-0.05, 0) is 32.9 Å². The summed E-state index contributed by atoms with van der Waals surface area (Å²) in [6.45, 7) is 5.11. The maximum Gasteiger partial charge on any atom is 0.318 e. The van der Waals surface area contributed by atoms with Gasteiger partial charge in [0.1, 0.15) is 5.41 Å². The van der Waals surface area contributed by atoms with Crippen molar-refractivity contribution in [2.45, 2.75) is 20.8 Å². The molecule has 92 valence electrons. The van der Waals surface area contributed by atoms with E-state index in [4.69, 9.17) is 5.11 Å². The molecule has 4 heteroatoms. The summed E-state index contributed by atoms with van der Waals surface area (Å²) in [5, 5.41) is 9.06. The van der Waals surface area contributed by atoms with Gasteiger partial charge in [-0.3, -0.25) is 9.59 Å². The molecule has 0 fully saturated rings. The molecule has 1 N–H and O–H groups in total. The molecule has 17 heavy (non-hydrogen) atoms. The van der Waals surface area contributed by atoms with Gasteiger partial charge in [-0.15, -0.1) is 0 Å². The molecule has 1 aromatic rings. The zero-order chi connectivity index (χ0) is 13.1. The molecule has 1 aromatic carbocycles. The predicted octanol–water partition coefficient (Wildman–Crippen LogP) is 2.15. The van der Waals surface area contributed by atoms with Crippen molar-refractivity contribution in [1.29, 1.82) is 0 Å². The number of carbonyl (C=O) groups is 2. The lowest BCUT2D eigenvalue weighted by Gasteiger charge is -2.28. The molecule has 0 aliphatic rings. The minimum atomic E-state index is -1.41. The van der Waals surface area contributed by atoms with E-state index < -0.39 is 17.3 Å². The van der Waals surface area contributed by atoms with Crippen LogP contribution in [-0.4, -0.2) is 23.5 Å². The molecule has 0 unspecified atom stereocenters. The molecule has 0 atom stereocenters. The van der Waals surface area contributed by atoms with E-state index in [2.05, 4.69) is 0 Å². The highest BCUT2D eigenvalue weighted by Gasteiger charge is 2.39. The number of hydrogen-bond donors (Lipinski definition) is 1. The Balaban J connectivity index is 3.05. The van der Waals surface area contributed by atoms with E-state index in [0.29, 0.717) is 12.2 Å². The Morgan fingerprint density at radius 3 is 2.18 bits per heavy atom. The van der Waals surface area contributed by atoms with Crippen molar-refractivity contribution in [1.82, 2.24) is 0 Å². The minimum absolute atomic E-state index is 0.404. The number of nitrogens with zero attached hydrogens (tertiary/aromatic N) is 1. The second kappa shape index (κ2) is 4.99. The van der Waals surface area contributed by atoms with E-state index >= 15 is 0 Å². The predicted molar refractivity (Wildman–Crippen MR) is 65.9 cm³/mol. The number of anilines is 1. The van der Waals surface area contributed by atoms with Crippen LogP contribution in [0.2, 0.25) is 0 Å². The number of amides is 1. The van der Waals surface area contributed by atoms with Crippen molar-refractivity contribution >= 4 is 17.6 Å². The lowest BCUT2D eigenvalue weighted by Crippen LogP contribution is -2.45. The molecule has 0 radical (unpaired) electrons. The van der Waals surface area contributed by atoms with Gasteiger partial charge in [0, 0.05) is 12.2 Å². The molecule has 0 aromatic heterocycles. The fourth-order valence-corrected chi connectivity index (χ4v) is 1.48. The summed E-state index contributed by atoms with van der Waals surface area (Å²) >= 11 is 0. The number of carboxylic acid groups (broad SMARTS) is 1.